The van der Waals surface area contributed by atoms with Gasteiger partial charge in [-0.3, -0.25) is 0 Å². The monoisotopic (exact) mass is 334 g/mol. The average Bonchev–Trinajstić information content (AvgIpc) is 2.55. The topological polar surface area (TPSA) is 91.3 Å². The van der Waals surface area contributed by atoms with E-state index in [-0.39, 0.29) is 37.8 Å². The number of carbonyl (C=O) groups excluding carboxylic acids is 1. The number of carboxylic acid groups (broad SMARTS) is 1. The molecule has 0 unspecified atom stereocenters. The molecule has 0 radical (unpaired) electrons. The van der Waals surface area contributed by atoms with E-state index in [1.165, 1.54) is 0 Å². The molecule has 1 N–H and O–H groups in total. The van der Waals surface area contributed by atoms with E-state index in [0.717, 1.165) is 11.8 Å². The van der Waals surface area contributed by atoms with E-state index < -0.39 is 17.7 Å². The predicted molar refractivity (Wildman–Crippen MR) is 82.5 cm³/mol. The maximum Gasteiger partial charge on any atom is 0.375 e. The summed E-state index contributed by atoms with van der Waals surface area (Å²) < 4.78 is 20.8. The number of aliphatic carboxylic acids is 1. The lowest BCUT2D eigenvalue weighted by Crippen LogP contribution is -2.20. The highest BCUT2D eigenvalue weighted by Gasteiger charge is 2.23. The van der Waals surface area contributed by atoms with Gasteiger partial charge in [0, 0.05) is 0 Å². The first-order valence-corrected chi connectivity index (χ1v) is 7.35. The van der Waals surface area contributed by atoms with Crippen molar-refractivity contribution in [2.75, 3.05) is 19.8 Å². The van der Waals surface area contributed by atoms with Gasteiger partial charge in [0.25, 0.3) is 5.76 Å². The van der Waals surface area contributed by atoms with Gasteiger partial charge in [0.1, 0.15) is 19.5 Å². The van der Waals surface area contributed by atoms with Crippen molar-refractivity contribution in [3.8, 4) is 0 Å². The Morgan fingerprint density at radius 2 is 1.96 bits per heavy atom. The summed E-state index contributed by atoms with van der Waals surface area (Å²) in [6.07, 6.45) is 1.02. The van der Waals surface area contributed by atoms with Crippen LogP contribution in [0.1, 0.15) is 12.5 Å². The average molecular weight is 334 g/mol. The zero-order valence-corrected chi connectivity index (χ0v) is 13.2. The standard InChI is InChI=1S/C17H18O7/c1-2-22-17(20)13-9-21-11-14(15(16(18)19)24-10-13)23-8-12-6-4-3-5-7-12/h3-7,10H,2,8-9,11H2,1H3,(H,18,19)/b13-10+,15-14+. The van der Waals surface area contributed by atoms with Crippen molar-refractivity contribution < 1.29 is 33.6 Å². The number of carbonyl (C=O) groups is 2. The maximum absolute atomic E-state index is 11.7. The normalized spacial score (nSPS) is 20.0. The number of hydrogen-bond acceptors (Lipinski definition) is 6. The van der Waals surface area contributed by atoms with Gasteiger partial charge in [-0.15, -0.1) is 0 Å². The van der Waals surface area contributed by atoms with Crippen LogP contribution >= 0.6 is 0 Å². The molecule has 7 heteroatoms. The van der Waals surface area contributed by atoms with E-state index in [0.29, 0.717) is 0 Å². The van der Waals surface area contributed by atoms with Gasteiger partial charge in [0.15, 0.2) is 5.76 Å². The third kappa shape index (κ3) is 4.85. The number of ether oxygens (including phenoxy) is 4. The Balaban J connectivity index is 2.14. The van der Waals surface area contributed by atoms with E-state index in [2.05, 4.69) is 0 Å². The van der Waals surface area contributed by atoms with Crippen molar-refractivity contribution in [2.45, 2.75) is 13.5 Å². The van der Waals surface area contributed by atoms with Gasteiger partial charge in [-0.05, 0) is 12.5 Å². The van der Waals surface area contributed by atoms with Gasteiger partial charge >= 0.3 is 11.9 Å². The third-order valence-electron chi connectivity index (χ3n) is 3.05. The van der Waals surface area contributed by atoms with Gasteiger partial charge in [0.05, 0.1) is 18.8 Å². The van der Waals surface area contributed by atoms with Gasteiger partial charge < -0.3 is 24.1 Å². The number of esters is 1. The highest BCUT2D eigenvalue weighted by atomic mass is 16.6. The molecule has 0 aliphatic carbocycles. The maximum atomic E-state index is 11.7. The largest absolute Gasteiger partial charge is 0.487 e. The van der Waals surface area contributed by atoms with E-state index in [4.69, 9.17) is 18.9 Å². The molecule has 0 spiro atoms. The van der Waals surface area contributed by atoms with Gasteiger partial charge in [-0.25, -0.2) is 9.59 Å². The van der Waals surface area contributed by atoms with Gasteiger partial charge in [-0.2, -0.15) is 0 Å². The first-order valence-electron chi connectivity index (χ1n) is 7.35. The summed E-state index contributed by atoms with van der Waals surface area (Å²) in [5, 5.41) is 9.29. The SMILES string of the molecule is CCOC(=O)/C1=C/O/C(C(=O)O)=C(/OCc2ccccc2)COC1. The van der Waals surface area contributed by atoms with Crippen LogP contribution < -0.4 is 0 Å². The van der Waals surface area contributed by atoms with Crippen molar-refractivity contribution in [3.63, 3.8) is 0 Å². The van der Waals surface area contributed by atoms with Crippen molar-refractivity contribution in [2.24, 2.45) is 0 Å². The summed E-state index contributed by atoms with van der Waals surface area (Å²) in [5.41, 5.74) is 0.970. The van der Waals surface area contributed by atoms with E-state index in [9.17, 15) is 14.7 Å². The van der Waals surface area contributed by atoms with Crippen LogP contribution in [0.2, 0.25) is 0 Å². The lowest BCUT2D eigenvalue weighted by Gasteiger charge is -2.17. The summed E-state index contributed by atoms with van der Waals surface area (Å²) >= 11 is 0. The Morgan fingerprint density at radius 1 is 1.21 bits per heavy atom. The fourth-order valence-corrected chi connectivity index (χ4v) is 1.90. The molecule has 0 fully saturated rings. The van der Waals surface area contributed by atoms with Crippen molar-refractivity contribution >= 4 is 11.9 Å². The highest BCUT2D eigenvalue weighted by molar-refractivity contribution is 5.89. The minimum Gasteiger partial charge on any atom is -0.487 e. The predicted octanol–water partition coefficient (Wildman–Crippen LogP) is 1.99. The summed E-state index contributed by atoms with van der Waals surface area (Å²) in [5.74, 6) is -2.31. The second-order valence-corrected chi connectivity index (χ2v) is 4.81. The van der Waals surface area contributed by atoms with Crippen LogP contribution in [-0.4, -0.2) is 36.9 Å². The summed E-state index contributed by atoms with van der Waals surface area (Å²) in [6.45, 7) is 1.84. The van der Waals surface area contributed by atoms with Crippen LogP contribution in [0.25, 0.3) is 0 Å². The summed E-state index contributed by atoms with van der Waals surface area (Å²) in [4.78, 5) is 23.1. The van der Waals surface area contributed by atoms with Gasteiger partial charge in [0.2, 0.25) is 0 Å². The molecule has 128 valence electrons. The molecular weight excluding hydrogens is 316 g/mol. The van der Waals surface area contributed by atoms with Crippen molar-refractivity contribution in [3.05, 3.63) is 59.2 Å². The van der Waals surface area contributed by atoms with E-state index in [1.807, 2.05) is 30.3 Å². The van der Waals surface area contributed by atoms with Crippen molar-refractivity contribution in [1.29, 1.82) is 0 Å². The number of rotatable bonds is 6. The zero-order chi connectivity index (χ0) is 17.4. The molecule has 1 aliphatic heterocycles. The Labute approximate surface area is 139 Å². The Morgan fingerprint density at radius 3 is 2.62 bits per heavy atom. The molecule has 0 amide bonds. The third-order valence-corrected chi connectivity index (χ3v) is 3.05. The molecule has 1 aromatic rings. The molecule has 24 heavy (non-hydrogen) atoms. The van der Waals surface area contributed by atoms with Crippen LogP contribution in [0, 0.1) is 0 Å². The first kappa shape index (κ1) is 17.6. The van der Waals surface area contributed by atoms with Crippen LogP contribution in [0.3, 0.4) is 0 Å². The summed E-state index contributed by atoms with van der Waals surface area (Å²) in [7, 11) is 0. The van der Waals surface area contributed by atoms with Crippen LogP contribution in [-0.2, 0) is 35.1 Å². The quantitative estimate of drug-likeness (QED) is 0.795. The minimum atomic E-state index is -1.32. The molecule has 0 aromatic heterocycles. The molecule has 2 rings (SSSR count). The highest BCUT2D eigenvalue weighted by Crippen LogP contribution is 2.17. The fourth-order valence-electron chi connectivity index (χ4n) is 1.90. The minimum absolute atomic E-state index is 0.0468. The van der Waals surface area contributed by atoms with Gasteiger partial charge in [-0.1, -0.05) is 30.3 Å². The first-order chi connectivity index (χ1) is 11.6. The molecule has 0 saturated heterocycles. The zero-order valence-electron chi connectivity index (χ0n) is 13.2. The number of hydrogen-bond donors (Lipinski definition) is 1. The second kappa shape index (κ2) is 8.73. The molecule has 1 heterocycles. The Hall–Kier alpha value is -2.80. The lowest BCUT2D eigenvalue weighted by atomic mass is 10.2. The molecule has 1 aromatic carbocycles. The Bertz CT molecular complexity index is 646. The smallest absolute Gasteiger partial charge is 0.375 e. The molecule has 0 atom stereocenters. The molecule has 0 saturated carbocycles. The van der Waals surface area contributed by atoms with Crippen molar-refractivity contribution in [1.82, 2.24) is 0 Å². The number of benzene rings is 1. The van der Waals surface area contributed by atoms with Crippen LogP contribution in [0.5, 0.6) is 0 Å². The Kier molecular flexibility index (Phi) is 6.39. The number of carboxylic acids is 1. The molecule has 1 aliphatic rings. The molecule has 7 nitrogen and oxygen atoms in total. The van der Waals surface area contributed by atoms with E-state index in [1.54, 1.807) is 6.92 Å². The second-order valence-electron chi connectivity index (χ2n) is 4.81. The molecule has 0 bridgehead atoms. The summed E-state index contributed by atoms with van der Waals surface area (Å²) in [6, 6.07) is 9.28. The lowest BCUT2D eigenvalue weighted by molar-refractivity contribution is -0.140. The van der Waals surface area contributed by atoms with Crippen LogP contribution in [0.4, 0.5) is 0 Å². The van der Waals surface area contributed by atoms with E-state index >= 15 is 0 Å². The molecular formula is C17H18O7. The fraction of sp³-hybridized carbons (Fsp3) is 0.294. The van der Waals surface area contributed by atoms with Crippen LogP contribution in [0.15, 0.2) is 53.7 Å².